The third kappa shape index (κ3) is 6.30. The summed E-state index contributed by atoms with van der Waals surface area (Å²) in [6.45, 7) is 6.14. The van der Waals surface area contributed by atoms with Crippen LogP contribution in [0.3, 0.4) is 0 Å². The third-order valence-electron chi connectivity index (χ3n) is 4.22. The van der Waals surface area contributed by atoms with Gasteiger partial charge in [0, 0.05) is 0 Å². The second-order valence-electron chi connectivity index (χ2n) is 6.39. The average Bonchev–Trinajstić information content (AvgIpc) is 2.72. The molecule has 0 spiro atoms. The molecule has 0 unspecified atom stereocenters. The van der Waals surface area contributed by atoms with Crippen LogP contribution in [0.15, 0.2) is 54.6 Å². The second-order valence-corrected chi connectivity index (χ2v) is 6.39. The standard InChI is InChI=1S/C22H28N2O4/c1-4-9-20(17-10-7-6-8-11-17)22(26)24-23-21(25)16(3)28-19-14-12-18(13-15-19)27-5-2/h6-8,10-16,20H,4-5,9H2,1-3H3,(H,23,25)(H,24,26)/t16-,20-/m0/s1. The van der Waals surface area contributed by atoms with Gasteiger partial charge in [0.25, 0.3) is 5.91 Å². The second kappa shape index (κ2) is 11.0. The first-order valence-electron chi connectivity index (χ1n) is 9.59. The minimum Gasteiger partial charge on any atom is -0.494 e. The minimum absolute atomic E-state index is 0.241. The van der Waals surface area contributed by atoms with Gasteiger partial charge >= 0.3 is 0 Å². The van der Waals surface area contributed by atoms with E-state index >= 15 is 0 Å². The van der Waals surface area contributed by atoms with Gasteiger partial charge in [-0.3, -0.25) is 20.4 Å². The van der Waals surface area contributed by atoms with Crippen molar-refractivity contribution < 1.29 is 19.1 Å². The minimum atomic E-state index is -0.764. The largest absolute Gasteiger partial charge is 0.494 e. The van der Waals surface area contributed by atoms with E-state index in [4.69, 9.17) is 9.47 Å². The van der Waals surface area contributed by atoms with Crippen molar-refractivity contribution >= 4 is 11.8 Å². The molecule has 0 aliphatic carbocycles. The molecule has 2 atom stereocenters. The molecule has 150 valence electrons. The van der Waals surface area contributed by atoms with Crippen molar-refractivity contribution in [1.82, 2.24) is 10.9 Å². The Morgan fingerprint density at radius 3 is 2.11 bits per heavy atom. The van der Waals surface area contributed by atoms with E-state index in [1.54, 1.807) is 31.2 Å². The van der Waals surface area contributed by atoms with Crippen molar-refractivity contribution in [2.45, 2.75) is 45.6 Å². The number of rotatable bonds is 9. The van der Waals surface area contributed by atoms with Gasteiger partial charge in [-0.05, 0) is 50.1 Å². The highest BCUT2D eigenvalue weighted by atomic mass is 16.5. The van der Waals surface area contributed by atoms with E-state index in [9.17, 15) is 9.59 Å². The number of benzene rings is 2. The van der Waals surface area contributed by atoms with Crippen LogP contribution >= 0.6 is 0 Å². The van der Waals surface area contributed by atoms with Gasteiger partial charge in [-0.2, -0.15) is 0 Å². The molecule has 0 radical (unpaired) electrons. The van der Waals surface area contributed by atoms with E-state index in [0.717, 1.165) is 17.7 Å². The Kier molecular flexibility index (Phi) is 8.34. The summed E-state index contributed by atoms with van der Waals surface area (Å²) in [5.41, 5.74) is 5.90. The van der Waals surface area contributed by atoms with Crippen molar-refractivity contribution in [2.75, 3.05) is 6.61 Å². The molecule has 0 fully saturated rings. The summed E-state index contributed by atoms with van der Waals surface area (Å²) in [7, 11) is 0. The number of carbonyl (C=O) groups excluding carboxylic acids is 2. The molecule has 6 heteroatoms. The van der Waals surface area contributed by atoms with Gasteiger partial charge in [-0.1, -0.05) is 43.7 Å². The quantitative estimate of drug-likeness (QED) is 0.648. The molecule has 6 nitrogen and oxygen atoms in total. The summed E-state index contributed by atoms with van der Waals surface area (Å²) in [5.74, 6) is 0.307. The number of hydrazine groups is 1. The highest BCUT2D eigenvalue weighted by Gasteiger charge is 2.21. The predicted molar refractivity (Wildman–Crippen MR) is 108 cm³/mol. The first-order chi connectivity index (χ1) is 13.5. The fourth-order valence-corrected chi connectivity index (χ4v) is 2.77. The van der Waals surface area contributed by atoms with Gasteiger partial charge in [0.1, 0.15) is 11.5 Å². The molecule has 0 saturated heterocycles. The van der Waals surface area contributed by atoms with Gasteiger partial charge in [0.2, 0.25) is 5.91 Å². The molecule has 0 saturated carbocycles. The molecule has 0 aliphatic heterocycles. The summed E-state index contributed by atoms with van der Waals surface area (Å²) in [4.78, 5) is 24.8. The number of hydrogen-bond donors (Lipinski definition) is 2. The number of amides is 2. The Hall–Kier alpha value is -3.02. The first-order valence-corrected chi connectivity index (χ1v) is 9.59. The zero-order valence-corrected chi connectivity index (χ0v) is 16.6. The molecule has 2 rings (SSSR count). The Morgan fingerprint density at radius 2 is 1.50 bits per heavy atom. The van der Waals surface area contributed by atoms with Crippen molar-refractivity contribution in [1.29, 1.82) is 0 Å². The summed E-state index contributed by atoms with van der Waals surface area (Å²) < 4.78 is 11.0. The predicted octanol–water partition coefficient (Wildman–Crippen LogP) is 3.58. The van der Waals surface area contributed by atoms with E-state index < -0.39 is 12.0 Å². The molecular weight excluding hydrogens is 356 g/mol. The summed E-state index contributed by atoms with van der Waals surface area (Å²) >= 11 is 0. The van der Waals surface area contributed by atoms with E-state index in [1.807, 2.05) is 44.2 Å². The highest BCUT2D eigenvalue weighted by molar-refractivity contribution is 5.87. The molecule has 0 heterocycles. The number of hydrogen-bond acceptors (Lipinski definition) is 4. The van der Waals surface area contributed by atoms with Gasteiger partial charge in [0.15, 0.2) is 6.10 Å². The van der Waals surface area contributed by atoms with Crippen molar-refractivity contribution in [3.8, 4) is 11.5 Å². The number of carbonyl (C=O) groups is 2. The van der Waals surface area contributed by atoms with Crippen LogP contribution in [0.25, 0.3) is 0 Å². The SMILES string of the molecule is CCC[C@H](C(=O)NNC(=O)[C@H](C)Oc1ccc(OCC)cc1)c1ccccc1. The normalized spacial score (nSPS) is 12.5. The first kappa shape index (κ1) is 21.3. The van der Waals surface area contributed by atoms with E-state index in [0.29, 0.717) is 18.8 Å². The third-order valence-corrected chi connectivity index (χ3v) is 4.22. The number of nitrogens with one attached hydrogen (secondary N) is 2. The lowest BCUT2D eigenvalue weighted by molar-refractivity contribution is -0.133. The van der Waals surface area contributed by atoms with Crippen LogP contribution in [0.1, 0.15) is 45.1 Å². The monoisotopic (exact) mass is 384 g/mol. The highest BCUT2D eigenvalue weighted by Crippen LogP contribution is 2.21. The van der Waals surface area contributed by atoms with Crippen LogP contribution in [0.5, 0.6) is 11.5 Å². The lowest BCUT2D eigenvalue weighted by Gasteiger charge is -2.19. The Morgan fingerprint density at radius 1 is 0.893 bits per heavy atom. The van der Waals surface area contributed by atoms with E-state index in [2.05, 4.69) is 10.9 Å². The maximum absolute atomic E-state index is 12.5. The molecule has 0 bridgehead atoms. The molecule has 2 aromatic rings. The zero-order chi connectivity index (χ0) is 20.4. The van der Waals surface area contributed by atoms with Gasteiger partial charge in [-0.15, -0.1) is 0 Å². The Labute approximate surface area is 166 Å². The van der Waals surface area contributed by atoms with Crippen molar-refractivity contribution in [3.63, 3.8) is 0 Å². The summed E-state index contributed by atoms with van der Waals surface area (Å²) in [6.07, 6.45) is 0.793. The summed E-state index contributed by atoms with van der Waals surface area (Å²) in [5, 5.41) is 0. The van der Waals surface area contributed by atoms with E-state index in [-0.39, 0.29) is 11.8 Å². The molecule has 2 amide bonds. The topological polar surface area (TPSA) is 76.7 Å². The fourth-order valence-electron chi connectivity index (χ4n) is 2.77. The molecule has 2 N–H and O–H groups in total. The zero-order valence-electron chi connectivity index (χ0n) is 16.6. The fraction of sp³-hybridized carbons (Fsp3) is 0.364. The van der Waals surface area contributed by atoms with E-state index in [1.165, 1.54) is 0 Å². The lowest BCUT2D eigenvalue weighted by atomic mass is 9.94. The molecule has 0 aromatic heterocycles. The molecule has 0 aliphatic rings. The Balaban J connectivity index is 1.88. The Bertz CT molecular complexity index is 747. The van der Waals surface area contributed by atoms with Crippen LogP contribution in [0.2, 0.25) is 0 Å². The van der Waals surface area contributed by atoms with Gasteiger partial charge in [-0.25, -0.2) is 0 Å². The van der Waals surface area contributed by atoms with Crippen LogP contribution in [-0.2, 0) is 9.59 Å². The molecular formula is C22H28N2O4. The maximum atomic E-state index is 12.5. The average molecular weight is 384 g/mol. The van der Waals surface area contributed by atoms with Gasteiger partial charge < -0.3 is 9.47 Å². The van der Waals surface area contributed by atoms with Crippen molar-refractivity contribution in [3.05, 3.63) is 60.2 Å². The lowest BCUT2D eigenvalue weighted by Crippen LogP contribution is -2.48. The maximum Gasteiger partial charge on any atom is 0.279 e. The number of ether oxygens (including phenoxy) is 2. The van der Waals surface area contributed by atoms with Crippen LogP contribution in [0, 0.1) is 0 Å². The van der Waals surface area contributed by atoms with Gasteiger partial charge in [0.05, 0.1) is 12.5 Å². The molecule has 2 aromatic carbocycles. The molecule has 28 heavy (non-hydrogen) atoms. The smallest absolute Gasteiger partial charge is 0.279 e. The van der Waals surface area contributed by atoms with Crippen LogP contribution in [-0.4, -0.2) is 24.5 Å². The van der Waals surface area contributed by atoms with Crippen LogP contribution < -0.4 is 20.3 Å². The van der Waals surface area contributed by atoms with Crippen molar-refractivity contribution in [2.24, 2.45) is 0 Å². The summed E-state index contributed by atoms with van der Waals surface area (Å²) in [6, 6.07) is 16.6. The van der Waals surface area contributed by atoms with Crippen LogP contribution in [0.4, 0.5) is 0 Å².